The van der Waals surface area contributed by atoms with Crippen molar-refractivity contribution in [2.75, 3.05) is 6.61 Å². The van der Waals surface area contributed by atoms with Crippen LogP contribution in [0.25, 0.3) is 0 Å². The Morgan fingerprint density at radius 2 is 1.48 bits per heavy atom. The predicted octanol–water partition coefficient (Wildman–Crippen LogP) is 6.24. The molecule has 0 N–H and O–H groups in total. The van der Waals surface area contributed by atoms with E-state index >= 15 is 0 Å². The van der Waals surface area contributed by atoms with E-state index in [-0.39, 0.29) is 56.4 Å². The third kappa shape index (κ3) is 7.57. The first-order chi connectivity index (χ1) is 9.42. The van der Waals surface area contributed by atoms with Gasteiger partial charge in [-0.1, -0.05) is 54.5 Å². The fraction of sp³-hybridized carbons (Fsp3) is 0.556. The van der Waals surface area contributed by atoms with Gasteiger partial charge in [-0.05, 0) is 45.3 Å². The van der Waals surface area contributed by atoms with Gasteiger partial charge in [0, 0.05) is 38.2 Å². The van der Waals surface area contributed by atoms with Crippen LogP contribution in [-0.4, -0.2) is 14.9 Å². The zero-order valence-corrected chi connectivity index (χ0v) is 19.8. The molecule has 0 heterocycles. The van der Waals surface area contributed by atoms with Crippen LogP contribution in [0, 0.1) is 5.41 Å². The van der Waals surface area contributed by atoms with Gasteiger partial charge in [0.2, 0.25) is 0 Å². The zero-order valence-electron chi connectivity index (χ0n) is 14.7. The van der Waals surface area contributed by atoms with Crippen LogP contribution in [0.5, 0.6) is 0 Å². The van der Waals surface area contributed by atoms with Gasteiger partial charge in [-0.15, -0.1) is 24.8 Å². The van der Waals surface area contributed by atoms with Gasteiger partial charge in [-0.3, -0.25) is 0 Å². The van der Waals surface area contributed by atoms with Crippen LogP contribution >= 0.6 is 24.8 Å². The molecule has 2 aliphatic carbocycles. The van der Waals surface area contributed by atoms with Crippen LogP contribution in [0.2, 0.25) is 19.6 Å². The summed E-state index contributed by atoms with van der Waals surface area (Å²) in [4.78, 5) is 0. The largest absolute Gasteiger partial charge is 0.418 e. The normalized spacial score (nSPS) is 16.2. The van der Waals surface area contributed by atoms with Gasteiger partial charge in [-0.2, -0.15) is 0 Å². The standard InChI is InChI=1S/C18H28OSi.2ClH.Zr/c1-18(16-10-5-6-11-16,17-12-7-8-13-17)14-9-15-19-20(2,3)4;;;/h5-8,10,12H,9,11,13-15H2,1-4H3;2*1H;. The van der Waals surface area contributed by atoms with Gasteiger partial charge in [-0.25, -0.2) is 0 Å². The summed E-state index contributed by atoms with van der Waals surface area (Å²) >= 11 is 0. The van der Waals surface area contributed by atoms with E-state index in [0.29, 0.717) is 0 Å². The minimum absolute atomic E-state index is 0. The Labute approximate surface area is 174 Å². The topological polar surface area (TPSA) is 9.23 Å². The molecule has 2 rings (SSSR count). The fourth-order valence-corrected chi connectivity index (χ4v) is 3.80. The van der Waals surface area contributed by atoms with Gasteiger partial charge in [0.05, 0.1) is 0 Å². The molecule has 0 atom stereocenters. The summed E-state index contributed by atoms with van der Waals surface area (Å²) in [5, 5.41) is 0. The summed E-state index contributed by atoms with van der Waals surface area (Å²) in [6, 6.07) is 0. The maximum atomic E-state index is 6.02. The Kier molecular flexibility index (Phi) is 12.6. The van der Waals surface area contributed by atoms with Gasteiger partial charge < -0.3 is 4.43 Å². The zero-order chi connectivity index (χ0) is 14.6. The van der Waals surface area contributed by atoms with E-state index in [2.05, 4.69) is 63.0 Å². The number of rotatable bonds is 7. The molecule has 0 saturated carbocycles. The van der Waals surface area contributed by atoms with E-state index in [9.17, 15) is 0 Å². The van der Waals surface area contributed by atoms with Crippen LogP contribution < -0.4 is 0 Å². The molecule has 0 spiro atoms. The van der Waals surface area contributed by atoms with Crippen molar-refractivity contribution < 1.29 is 30.6 Å². The molecule has 0 bridgehead atoms. The van der Waals surface area contributed by atoms with E-state index in [0.717, 1.165) is 25.9 Å². The second kappa shape index (κ2) is 11.3. The van der Waals surface area contributed by atoms with Crippen LogP contribution in [0.1, 0.15) is 32.6 Å². The van der Waals surface area contributed by atoms with Gasteiger partial charge in [0.25, 0.3) is 0 Å². The molecule has 0 aromatic rings. The summed E-state index contributed by atoms with van der Waals surface area (Å²) in [5.74, 6) is 0. The Hall–Kier alpha value is 0.600. The molecule has 0 unspecified atom stereocenters. The summed E-state index contributed by atoms with van der Waals surface area (Å²) in [6.07, 6.45) is 18.2. The monoisotopic (exact) mass is 450 g/mol. The van der Waals surface area contributed by atoms with Crippen molar-refractivity contribution >= 4 is 33.1 Å². The minimum atomic E-state index is -1.37. The summed E-state index contributed by atoms with van der Waals surface area (Å²) in [5.41, 5.74) is 3.36. The first kappa shape index (κ1) is 25.8. The van der Waals surface area contributed by atoms with Gasteiger partial charge in [0.15, 0.2) is 8.32 Å². The van der Waals surface area contributed by atoms with E-state index in [1.54, 1.807) is 11.1 Å². The van der Waals surface area contributed by atoms with Crippen molar-refractivity contribution in [1.29, 1.82) is 0 Å². The third-order valence-corrected chi connectivity index (χ3v) is 5.39. The predicted molar refractivity (Wildman–Crippen MR) is 105 cm³/mol. The molecule has 0 fully saturated rings. The van der Waals surface area contributed by atoms with Crippen molar-refractivity contribution in [1.82, 2.24) is 0 Å². The van der Waals surface area contributed by atoms with E-state index in [4.69, 9.17) is 4.43 Å². The van der Waals surface area contributed by atoms with Crippen molar-refractivity contribution in [3.63, 3.8) is 0 Å². The Bertz CT molecular complexity index is 446. The van der Waals surface area contributed by atoms with Crippen molar-refractivity contribution in [3.05, 3.63) is 47.6 Å². The third-order valence-electron chi connectivity index (χ3n) is 4.32. The Morgan fingerprint density at radius 3 is 1.83 bits per heavy atom. The summed E-state index contributed by atoms with van der Waals surface area (Å²) in [6.45, 7) is 10.1. The number of hydrogen-bond acceptors (Lipinski definition) is 1. The molecule has 0 aliphatic heterocycles. The molecule has 1 nitrogen and oxygen atoms in total. The van der Waals surface area contributed by atoms with E-state index < -0.39 is 8.32 Å². The summed E-state index contributed by atoms with van der Waals surface area (Å²) in [7, 11) is -1.37. The fourth-order valence-electron chi connectivity index (χ4n) is 3.04. The molecule has 0 amide bonds. The second-order valence-corrected chi connectivity index (χ2v) is 11.6. The first-order valence-electron chi connectivity index (χ1n) is 7.78. The molecular weight excluding hydrogens is 422 g/mol. The molecule has 0 radical (unpaired) electrons. The first-order valence-corrected chi connectivity index (χ1v) is 11.2. The van der Waals surface area contributed by atoms with Crippen molar-refractivity contribution in [2.24, 2.45) is 5.41 Å². The Morgan fingerprint density at radius 1 is 1.00 bits per heavy atom. The molecule has 23 heavy (non-hydrogen) atoms. The maximum absolute atomic E-state index is 6.02. The van der Waals surface area contributed by atoms with E-state index in [1.165, 1.54) is 6.42 Å². The molecule has 0 saturated heterocycles. The maximum Gasteiger partial charge on any atom is 0.183 e. The molecule has 5 heteroatoms. The van der Waals surface area contributed by atoms with Gasteiger partial charge in [0.1, 0.15) is 0 Å². The molecular formula is C18H30Cl2OSiZr. The Balaban J connectivity index is 0. The smallest absolute Gasteiger partial charge is 0.183 e. The van der Waals surface area contributed by atoms with Gasteiger partial charge >= 0.3 is 0 Å². The molecule has 130 valence electrons. The number of allylic oxidation sites excluding steroid dienone is 8. The second-order valence-electron chi connectivity index (χ2n) is 7.04. The molecule has 0 aromatic carbocycles. The van der Waals surface area contributed by atoms with Crippen LogP contribution in [0.3, 0.4) is 0 Å². The van der Waals surface area contributed by atoms with E-state index in [1.807, 2.05) is 0 Å². The van der Waals surface area contributed by atoms with Crippen LogP contribution in [0.4, 0.5) is 0 Å². The average molecular weight is 453 g/mol. The van der Waals surface area contributed by atoms with Crippen LogP contribution in [0.15, 0.2) is 47.6 Å². The van der Waals surface area contributed by atoms with Crippen LogP contribution in [-0.2, 0) is 30.6 Å². The number of halogens is 2. The summed E-state index contributed by atoms with van der Waals surface area (Å²) < 4.78 is 6.02. The number of hydrogen-bond donors (Lipinski definition) is 0. The van der Waals surface area contributed by atoms with Crippen molar-refractivity contribution in [2.45, 2.75) is 52.2 Å². The SMILES string of the molecule is CC(CCCO[Si](C)(C)C)(C1=CC=CC1)C1=CC=CC1.Cl.Cl.[Zr]. The molecule has 2 aliphatic rings. The quantitative estimate of drug-likeness (QED) is 0.328. The minimum Gasteiger partial charge on any atom is -0.418 e. The molecule has 0 aromatic heterocycles. The average Bonchev–Trinajstić information content (AvgIpc) is 3.04. The van der Waals surface area contributed by atoms with Crippen molar-refractivity contribution in [3.8, 4) is 0 Å².